The maximum Gasteiger partial charge on any atom is 0.338 e. The van der Waals surface area contributed by atoms with Crippen molar-refractivity contribution in [3.8, 4) is 5.75 Å². The molecule has 0 saturated heterocycles. The summed E-state index contributed by atoms with van der Waals surface area (Å²) in [5.41, 5.74) is 7.53. The Bertz CT molecular complexity index is 1020. The molecular formula is C20H18ClN3O4. The smallest absolute Gasteiger partial charge is 0.338 e. The van der Waals surface area contributed by atoms with E-state index >= 15 is 0 Å². The van der Waals surface area contributed by atoms with Crippen molar-refractivity contribution in [2.45, 2.75) is 13.2 Å². The number of carbonyl (C=O) groups is 2. The molecule has 3 aromatic rings. The van der Waals surface area contributed by atoms with Crippen LogP contribution in [0.3, 0.4) is 0 Å². The number of nitrogens with two attached hydrogens (primary N) is 1. The molecule has 0 aliphatic heterocycles. The molecule has 0 spiro atoms. The van der Waals surface area contributed by atoms with Crippen molar-refractivity contribution in [3.63, 3.8) is 0 Å². The standard InChI is InChI=1S/C20H18ClN3O4/c1-27-16-7-6-14-8-15(18(21)24-17(14)9-16)11-28-19(25)13-4-2-12(3-5-13)10-23-20(22)26/h2-9H,10-11H2,1H3,(H3,22,23,26). The Morgan fingerprint density at radius 2 is 1.89 bits per heavy atom. The number of hydrogen-bond acceptors (Lipinski definition) is 5. The first-order chi connectivity index (χ1) is 13.5. The second-order valence-corrected chi connectivity index (χ2v) is 6.35. The Kier molecular flexibility index (Phi) is 5.96. The fourth-order valence-electron chi connectivity index (χ4n) is 2.57. The van der Waals surface area contributed by atoms with E-state index in [-0.39, 0.29) is 18.3 Å². The molecule has 7 nitrogen and oxygen atoms in total. The van der Waals surface area contributed by atoms with Gasteiger partial charge in [-0.15, -0.1) is 0 Å². The number of rotatable bonds is 6. The van der Waals surface area contributed by atoms with E-state index in [1.165, 1.54) is 0 Å². The summed E-state index contributed by atoms with van der Waals surface area (Å²) in [4.78, 5) is 27.3. The Morgan fingerprint density at radius 3 is 2.57 bits per heavy atom. The van der Waals surface area contributed by atoms with E-state index in [4.69, 9.17) is 26.8 Å². The van der Waals surface area contributed by atoms with Gasteiger partial charge in [-0.2, -0.15) is 0 Å². The lowest BCUT2D eigenvalue weighted by molar-refractivity contribution is 0.0472. The van der Waals surface area contributed by atoms with E-state index in [1.54, 1.807) is 37.4 Å². The van der Waals surface area contributed by atoms with E-state index in [1.807, 2.05) is 18.2 Å². The summed E-state index contributed by atoms with van der Waals surface area (Å²) in [6.45, 7) is 0.283. The first-order valence-electron chi connectivity index (χ1n) is 8.39. The number of urea groups is 1. The lowest BCUT2D eigenvalue weighted by atomic mass is 10.1. The number of ether oxygens (including phenoxy) is 2. The maximum absolute atomic E-state index is 12.3. The van der Waals surface area contributed by atoms with Crippen molar-refractivity contribution < 1.29 is 19.1 Å². The molecule has 8 heteroatoms. The van der Waals surface area contributed by atoms with E-state index in [2.05, 4.69) is 10.3 Å². The first kappa shape index (κ1) is 19.4. The number of amides is 2. The zero-order valence-electron chi connectivity index (χ0n) is 15.1. The van der Waals surface area contributed by atoms with Gasteiger partial charge < -0.3 is 20.5 Å². The van der Waals surface area contributed by atoms with Crippen LogP contribution < -0.4 is 15.8 Å². The predicted octanol–water partition coefficient (Wildman–Crippen LogP) is 3.42. The van der Waals surface area contributed by atoms with E-state index < -0.39 is 12.0 Å². The molecule has 0 fully saturated rings. The van der Waals surface area contributed by atoms with Gasteiger partial charge in [0.05, 0.1) is 18.2 Å². The van der Waals surface area contributed by atoms with Crippen molar-refractivity contribution >= 4 is 34.5 Å². The fourth-order valence-corrected chi connectivity index (χ4v) is 2.77. The van der Waals surface area contributed by atoms with Gasteiger partial charge in [0, 0.05) is 23.6 Å². The number of benzene rings is 2. The number of fused-ring (bicyclic) bond motifs is 1. The molecule has 28 heavy (non-hydrogen) atoms. The number of aromatic nitrogens is 1. The summed E-state index contributed by atoms with van der Waals surface area (Å²) in [6.07, 6.45) is 0. The molecule has 2 aromatic carbocycles. The molecule has 144 valence electrons. The van der Waals surface area contributed by atoms with Crippen LogP contribution >= 0.6 is 11.6 Å². The van der Waals surface area contributed by atoms with Crippen molar-refractivity contribution in [3.05, 3.63) is 70.4 Å². The normalized spacial score (nSPS) is 10.5. The first-order valence-corrected chi connectivity index (χ1v) is 8.76. The van der Waals surface area contributed by atoms with Gasteiger partial charge in [-0.25, -0.2) is 14.6 Å². The van der Waals surface area contributed by atoms with Crippen LogP contribution in [0.2, 0.25) is 5.15 Å². The van der Waals surface area contributed by atoms with Gasteiger partial charge in [0.1, 0.15) is 17.5 Å². The van der Waals surface area contributed by atoms with Gasteiger partial charge in [0.2, 0.25) is 0 Å². The minimum atomic E-state index is -0.609. The third-order valence-corrected chi connectivity index (χ3v) is 4.39. The van der Waals surface area contributed by atoms with E-state index in [0.717, 1.165) is 10.9 Å². The number of halogens is 1. The Balaban J connectivity index is 1.67. The minimum Gasteiger partial charge on any atom is -0.497 e. The zero-order chi connectivity index (χ0) is 20.1. The van der Waals surface area contributed by atoms with Crippen molar-refractivity contribution in [1.29, 1.82) is 0 Å². The molecular weight excluding hydrogens is 382 g/mol. The number of carbonyl (C=O) groups excluding carboxylic acids is 2. The molecule has 0 radical (unpaired) electrons. The highest BCUT2D eigenvalue weighted by atomic mass is 35.5. The highest BCUT2D eigenvalue weighted by Gasteiger charge is 2.11. The van der Waals surface area contributed by atoms with Crippen LogP contribution in [0.1, 0.15) is 21.5 Å². The summed E-state index contributed by atoms with van der Waals surface area (Å²) in [6, 6.07) is 13.4. The fraction of sp³-hybridized carbons (Fsp3) is 0.150. The number of nitrogens with zero attached hydrogens (tertiary/aromatic N) is 1. The molecule has 1 heterocycles. The highest BCUT2D eigenvalue weighted by Crippen LogP contribution is 2.25. The van der Waals surface area contributed by atoms with Crippen LogP contribution in [0, 0.1) is 0 Å². The topological polar surface area (TPSA) is 104 Å². The average molecular weight is 400 g/mol. The SMILES string of the molecule is COc1ccc2cc(COC(=O)c3ccc(CNC(N)=O)cc3)c(Cl)nc2c1. The van der Waals surface area contributed by atoms with Crippen LogP contribution in [0.4, 0.5) is 4.79 Å². The lowest BCUT2D eigenvalue weighted by Crippen LogP contribution is -2.28. The van der Waals surface area contributed by atoms with Gasteiger partial charge in [0.15, 0.2) is 0 Å². The Morgan fingerprint density at radius 1 is 1.14 bits per heavy atom. The quantitative estimate of drug-likeness (QED) is 0.488. The summed E-state index contributed by atoms with van der Waals surface area (Å²) in [5.74, 6) is 0.199. The van der Waals surface area contributed by atoms with E-state index in [0.29, 0.717) is 22.4 Å². The van der Waals surface area contributed by atoms with Gasteiger partial charge >= 0.3 is 12.0 Å². The Hall–Kier alpha value is -3.32. The number of hydrogen-bond donors (Lipinski definition) is 2. The summed E-state index contributed by atoms with van der Waals surface area (Å²) >= 11 is 6.22. The average Bonchev–Trinajstić information content (AvgIpc) is 2.70. The van der Waals surface area contributed by atoms with Gasteiger partial charge in [0.25, 0.3) is 0 Å². The summed E-state index contributed by atoms with van der Waals surface area (Å²) < 4.78 is 10.5. The van der Waals surface area contributed by atoms with E-state index in [9.17, 15) is 9.59 Å². The number of primary amides is 1. The second-order valence-electron chi connectivity index (χ2n) is 5.99. The molecule has 1 aromatic heterocycles. The number of esters is 1. The van der Waals surface area contributed by atoms with Crippen molar-refractivity contribution in [2.24, 2.45) is 5.73 Å². The molecule has 0 saturated carbocycles. The number of pyridine rings is 1. The van der Waals surface area contributed by atoms with Crippen molar-refractivity contribution in [2.75, 3.05) is 7.11 Å². The van der Waals surface area contributed by atoms with Crippen LogP contribution in [-0.4, -0.2) is 24.1 Å². The lowest BCUT2D eigenvalue weighted by Gasteiger charge is -2.09. The Labute approximate surface area is 166 Å². The van der Waals surface area contributed by atoms with Crippen LogP contribution in [-0.2, 0) is 17.9 Å². The maximum atomic E-state index is 12.3. The molecule has 0 aliphatic carbocycles. The second kappa shape index (κ2) is 8.58. The third-order valence-electron chi connectivity index (χ3n) is 4.07. The van der Waals surface area contributed by atoms with Crippen LogP contribution in [0.25, 0.3) is 10.9 Å². The molecule has 3 rings (SSSR count). The monoisotopic (exact) mass is 399 g/mol. The minimum absolute atomic E-state index is 0.00236. The van der Waals surface area contributed by atoms with Gasteiger partial charge in [-0.3, -0.25) is 0 Å². The number of nitrogens with one attached hydrogen (secondary N) is 1. The third kappa shape index (κ3) is 4.69. The molecule has 0 bridgehead atoms. The largest absolute Gasteiger partial charge is 0.497 e. The molecule has 0 atom stereocenters. The summed E-state index contributed by atoms with van der Waals surface area (Å²) in [7, 11) is 1.58. The van der Waals surface area contributed by atoms with Crippen LogP contribution in [0.5, 0.6) is 5.75 Å². The zero-order valence-corrected chi connectivity index (χ0v) is 15.8. The molecule has 0 unspecified atom stereocenters. The predicted molar refractivity (Wildman–Crippen MR) is 105 cm³/mol. The molecule has 2 amide bonds. The summed E-state index contributed by atoms with van der Waals surface area (Å²) in [5, 5.41) is 3.61. The van der Waals surface area contributed by atoms with Gasteiger partial charge in [-0.05, 0) is 35.9 Å². The number of methoxy groups -OCH3 is 1. The van der Waals surface area contributed by atoms with Crippen molar-refractivity contribution in [1.82, 2.24) is 10.3 Å². The molecule has 0 aliphatic rings. The highest BCUT2D eigenvalue weighted by molar-refractivity contribution is 6.30. The molecule has 3 N–H and O–H groups in total. The van der Waals surface area contributed by atoms with Gasteiger partial charge in [-0.1, -0.05) is 23.7 Å². The van der Waals surface area contributed by atoms with Crippen LogP contribution in [0.15, 0.2) is 48.5 Å².